The number of aromatic nitrogens is 4. The number of hydrogen-bond donors (Lipinski definition) is 0. The van der Waals surface area contributed by atoms with Crippen molar-refractivity contribution in [2.75, 3.05) is 0 Å². The van der Waals surface area contributed by atoms with Crippen molar-refractivity contribution in [1.29, 1.82) is 0 Å². The third kappa shape index (κ3) is 3.52. The molecule has 0 radical (unpaired) electrons. The maximum atomic E-state index is 4.15. The zero-order valence-electron chi connectivity index (χ0n) is 14.3. The van der Waals surface area contributed by atoms with Crippen LogP contribution in [0.3, 0.4) is 0 Å². The Bertz CT molecular complexity index is 705. The van der Waals surface area contributed by atoms with E-state index in [2.05, 4.69) is 58.9 Å². The summed E-state index contributed by atoms with van der Waals surface area (Å²) in [5.41, 5.74) is 5.55. The maximum absolute atomic E-state index is 4.15. The first kappa shape index (κ1) is 15.5. The fourth-order valence-electron chi connectivity index (χ4n) is 2.76. The van der Waals surface area contributed by atoms with E-state index >= 15 is 0 Å². The van der Waals surface area contributed by atoms with Gasteiger partial charge in [0.15, 0.2) is 0 Å². The van der Waals surface area contributed by atoms with Crippen LogP contribution in [-0.2, 0) is 18.5 Å². The molecule has 0 aliphatic heterocycles. The normalized spacial score (nSPS) is 11.8. The summed E-state index contributed by atoms with van der Waals surface area (Å²) in [7, 11) is 0. The van der Waals surface area contributed by atoms with Gasteiger partial charge in [0.1, 0.15) is 0 Å². The molecule has 0 amide bonds. The monoisotopic (exact) mass is 308 g/mol. The van der Waals surface area contributed by atoms with Gasteiger partial charge in [-0.3, -0.25) is 0 Å². The van der Waals surface area contributed by atoms with Gasteiger partial charge in [-0.1, -0.05) is 32.9 Å². The minimum absolute atomic E-state index is 0.126. The van der Waals surface area contributed by atoms with Crippen molar-refractivity contribution in [2.45, 2.75) is 46.2 Å². The summed E-state index contributed by atoms with van der Waals surface area (Å²) in [6.45, 7) is 10.7. The standard InChI is InChI=1S/C19H24N4/c1-15-16(11-22-7-5-20-13-22)9-18(19(2,3)4)10-17(15)12-23-8-6-21-14-23/h5-10,13-14H,11-12H2,1-4H3. The molecular formula is C19H24N4. The van der Waals surface area contributed by atoms with E-state index < -0.39 is 0 Å². The van der Waals surface area contributed by atoms with E-state index in [1.54, 1.807) is 0 Å². The average molecular weight is 308 g/mol. The molecule has 2 heterocycles. The fourth-order valence-corrected chi connectivity index (χ4v) is 2.76. The van der Waals surface area contributed by atoms with Gasteiger partial charge < -0.3 is 9.13 Å². The van der Waals surface area contributed by atoms with Crippen LogP contribution in [0.2, 0.25) is 0 Å². The van der Waals surface area contributed by atoms with Crippen molar-refractivity contribution >= 4 is 0 Å². The van der Waals surface area contributed by atoms with Gasteiger partial charge in [0, 0.05) is 37.9 Å². The Balaban J connectivity index is 2.03. The van der Waals surface area contributed by atoms with Crippen LogP contribution in [0, 0.1) is 6.92 Å². The van der Waals surface area contributed by atoms with Crippen LogP contribution >= 0.6 is 0 Å². The second-order valence-corrected chi connectivity index (χ2v) is 7.14. The summed E-state index contributed by atoms with van der Waals surface area (Å²) in [5.74, 6) is 0. The highest BCUT2D eigenvalue weighted by Crippen LogP contribution is 2.28. The third-order valence-corrected chi connectivity index (χ3v) is 4.31. The lowest BCUT2D eigenvalue weighted by Crippen LogP contribution is -2.15. The highest BCUT2D eigenvalue weighted by Gasteiger charge is 2.17. The molecule has 0 bridgehead atoms. The number of hydrogen-bond acceptors (Lipinski definition) is 2. The van der Waals surface area contributed by atoms with E-state index in [1.807, 2.05) is 37.4 Å². The van der Waals surface area contributed by atoms with E-state index in [0.29, 0.717) is 0 Å². The molecule has 4 heteroatoms. The molecule has 3 aromatic rings. The predicted molar refractivity (Wildman–Crippen MR) is 92.5 cm³/mol. The largest absolute Gasteiger partial charge is 0.333 e. The number of imidazole rings is 2. The molecule has 2 aromatic heterocycles. The van der Waals surface area contributed by atoms with Gasteiger partial charge in [-0.15, -0.1) is 0 Å². The minimum Gasteiger partial charge on any atom is -0.333 e. The molecule has 0 unspecified atom stereocenters. The average Bonchev–Trinajstić information content (AvgIpc) is 3.15. The van der Waals surface area contributed by atoms with Gasteiger partial charge in [-0.25, -0.2) is 9.97 Å². The first-order chi connectivity index (χ1) is 10.9. The van der Waals surface area contributed by atoms with Crippen LogP contribution in [0.4, 0.5) is 0 Å². The molecule has 0 spiro atoms. The molecule has 0 aliphatic carbocycles. The van der Waals surface area contributed by atoms with Crippen molar-refractivity contribution in [1.82, 2.24) is 19.1 Å². The quantitative estimate of drug-likeness (QED) is 0.735. The minimum atomic E-state index is 0.126. The smallest absolute Gasteiger partial charge is 0.0949 e. The Kier molecular flexibility index (Phi) is 4.07. The predicted octanol–water partition coefficient (Wildman–Crippen LogP) is 3.78. The Hall–Kier alpha value is -2.36. The summed E-state index contributed by atoms with van der Waals surface area (Å²) >= 11 is 0. The molecule has 0 N–H and O–H groups in total. The van der Waals surface area contributed by atoms with Gasteiger partial charge in [0.05, 0.1) is 12.7 Å². The van der Waals surface area contributed by atoms with E-state index in [-0.39, 0.29) is 5.41 Å². The lowest BCUT2D eigenvalue weighted by Gasteiger charge is -2.23. The lowest BCUT2D eigenvalue weighted by molar-refractivity contribution is 0.586. The highest BCUT2D eigenvalue weighted by atomic mass is 15.0. The number of rotatable bonds is 4. The van der Waals surface area contributed by atoms with Crippen LogP contribution in [0.15, 0.2) is 49.6 Å². The Labute approximate surface area is 137 Å². The van der Waals surface area contributed by atoms with Crippen LogP contribution in [0.5, 0.6) is 0 Å². The van der Waals surface area contributed by atoms with Gasteiger partial charge in [0.2, 0.25) is 0 Å². The lowest BCUT2D eigenvalue weighted by atomic mass is 9.83. The van der Waals surface area contributed by atoms with E-state index in [1.165, 1.54) is 22.3 Å². The first-order valence-corrected chi connectivity index (χ1v) is 7.98. The van der Waals surface area contributed by atoms with Gasteiger partial charge in [0.25, 0.3) is 0 Å². The van der Waals surface area contributed by atoms with Crippen LogP contribution in [0.1, 0.15) is 43.0 Å². The molecule has 1 aromatic carbocycles. The molecule has 120 valence electrons. The number of nitrogens with zero attached hydrogens (tertiary/aromatic N) is 4. The molecule has 0 atom stereocenters. The summed E-state index contributed by atoms with van der Waals surface area (Å²) in [5, 5.41) is 0. The maximum Gasteiger partial charge on any atom is 0.0949 e. The van der Waals surface area contributed by atoms with E-state index in [4.69, 9.17) is 0 Å². The Morgan fingerprint density at radius 2 is 1.35 bits per heavy atom. The van der Waals surface area contributed by atoms with Crippen molar-refractivity contribution < 1.29 is 0 Å². The van der Waals surface area contributed by atoms with E-state index in [9.17, 15) is 0 Å². The molecule has 0 fully saturated rings. The zero-order chi connectivity index (χ0) is 16.4. The van der Waals surface area contributed by atoms with Gasteiger partial charge in [-0.2, -0.15) is 0 Å². The van der Waals surface area contributed by atoms with E-state index in [0.717, 1.165) is 13.1 Å². The van der Waals surface area contributed by atoms with Crippen molar-refractivity contribution in [3.63, 3.8) is 0 Å². The first-order valence-electron chi connectivity index (χ1n) is 7.98. The summed E-state index contributed by atoms with van der Waals surface area (Å²) in [4.78, 5) is 8.31. The summed E-state index contributed by atoms with van der Waals surface area (Å²) in [6.07, 6.45) is 11.4. The number of benzene rings is 1. The molecule has 4 nitrogen and oxygen atoms in total. The van der Waals surface area contributed by atoms with Gasteiger partial charge in [-0.05, 0) is 34.6 Å². The second kappa shape index (κ2) is 6.03. The van der Waals surface area contributed by atoms with Crippen LogP contribution < -0.4 is 0 Å². The SMILES string of the molecule is Cc1c(Cn2ccnc2)cc(C(C)(C)C)cc1Cn1ccnc1. The molecule has 23 heavy (non-hydrogen) atoms. The molecule has 0 saturated carbocycles. The second-order valence-electron chi connectivity index (χ2n) is 7.14. The van der Waals surface area contributed by atoms with Crippen molar-refractivity contribution in [3.8, 4) is 0 Å². The van der Waals surface area contributed by atoms with Crippen molar-refractivity contribution in [3.05, 3.63) is 71.8 Å². The third-order valence-electron chi connectivity index (χ3n) is 4.31. The van der Waals surface area contributed by atoms with Crippen molar-refractivity contribution in [2.24, 2.45) is 0 Å². The molecular weight excluding hydrogens is 284 g/mol. The zero-order valence-corrected chi connectivity index (χ0v) is 14.3. The van der Waals surface area contributed by atoms with Gasteiger partial charge >= 0.3 is 0 Å². The summed E-state index contributed by atoms with van der Waals surface area (Å²) < 4.78 is 4.24. The Morgan fingerprint density at radius 1 is 0.870 bits per heavy atom. The fraction of sp³-hybridized carbons (Fsp3) is 0.368. The van der Waals surface area contributed by atoms with Crippen LogP contribution in [-0.4, -0.2) is 19.1 Å². The van der Waals surface area contributed by atoms with Crippen LogP contribution in [0.25, 0.3) is 0 Å². The summed E-state index contributed by atoms with van der Waals surface area (Å²) in [6, 6.07) is 4.68. The Morgan fingerprint density at radius 3 is 1.70 bits per heavy atom. The molecule has 0 saturated heterocycles. The molecule has 0 aliphatic rings. The topological polar surface area (TPSA) is 35.6 Å². The highest BCUT2D eigenvalue weighted by molar-refractivity contribution is 5.41. The molecule has 3 rings (SSSR count).